The van der Waals surface area contributed by atoms with Crippen molar-refractivity contribution in [3.63, 3.8) is 0 Å². The van der Waals surface area contributed by atoms with Gasteiger partial charge in [0.2, 0.25) is 0 Å². The third-order valence-electron chi connectivity index (χ3n) is 3.54. The Labute approximate surface area is 78.6 Å². The lowest BCUT2D eigenvalue weighted by Crippen LogP contribution is -2.41. The predicted molar refractivity (Wildman–Crippen MR) is 48.9 cm³/mol. The molecule has 0 spiro atoms. The fourth-order valence-electron chi connectivity index (χ4n) is 2.92. The van der Waals surface area contributed by atoms with Gasteiger partial charge in [0.1, 0.15) is 0 Å². The van der Waals surface area contributed by atoms with Crippen LogP contribution in [0.25, 0.3) is 0 Å². The average molecular weight is 183 g/mol. The van der Waals surface area contributed by atoms with Gasteiger partial charge in [0.05, 0.1) is 12.5 Å². The molecule has 0 heterocycles. The summed E-state index contributed by atoms with van der Waals surface area (Å²) in [5.41, 5.74) is 5.99. The molecule has 0 aromatic rings. The number of esters is 1. The van der Waals surface area contributed by atoms with Gasteiger partial charge in [-0.25, -0.2) is 0 Å². The summed E-state index contributed by atoms with van der Waals surface area (Å²) in [5.74, 6) is 1.03. The zero-order valence-electron chi connectivity index (χ0n) is 8.03. The SMILES string of the molecule is CCOC(=O)C1C(N)[C@@H]2CC[C@H]1C2. The summed E-state index contributed by atoms with van der Waals surface area (Å²) in [6, 6.07) is 0.0674. The fraction of sp³-hybridized carbons (Fsp3) is 0.900. The van der Waals surface area contributed by atoms with Crippen molar-refractivity contribution < 1.29 is 9.53 Å². The van der Waals surface area contributed by atoms with Crippen molar-refractivity contribution in [2.75, 3.05) is 6.61 Å². The third-order valence-corrected chi connectivity index (χ3v) is 3.54. The number of rotatable bonds is 2. The van der Waals surface area contributed by atoms with E-state index < -0.39 is 0 Å². The maximum absolute atomic E-state index is 11.5. The zero-order chi connectivity index (χ0) is 9.42. The van der Waals surface area contributed by atoms with Crippen molar-refractivity contribution in [2.45, 2.75) is 32.2 Å². The monoisotopic (exact) mass is 183 g/mol. The van der Waals surface area contributed by atoms with Crippen LogP contribution < -0.4 is 5.73 Å². The van der Waals surface area contributed by atoms with Crippen LogP contribution in [-0.2, 0) is 9.53 Å². The molecule has 2 unspecified atom stereocenters. The van der Waals surface area contributed by atoms with E-state index in [1.807, 2.05) is 6.92 Å². The quantitative estimate of drug-likeness (QED) is 0.648. The van der Waals surface area contributed by atoms with Gasteiger partial charge in [-0.2, -0.15) is 0 Å². The van der Waals surface area contributed by atoms with Gasteiger partial charge >= 0.3 is 5.97 Å². The molecule has 2 saturated carbocycles. The first-order valence-corrected chi connectivity index (χ1v) is 5.16. The standard InChI is InChI=1S/C10H17NO2/c1-2-13-10(12)8-6-3-4-7(5-6)9(8)11/h6-9H,2-5,11H2,1H3/t6-,7+,8?,9?/m0/s1. The topological polar surface area (TPSA) is 52.3 Å². The van der Waals surface area contributed by atoms with Crippen LogP contribution in [0.1, 0.15) is 26.2 Å². The van der Waals surface area contributed by atoms with Crippen molar-refractivity contribution in [1.82, 2.24) is 0 Å². The highest BCUT2D eigenvalue weighted by molar-refractivity contribution is 5.74. The molecule has 2 bridgehead atoms. The molecule has 2 aliphatic carbocycles. The molecule has 0 aromatic heterocycles. The second-order valence-electron chi connectivity index (χ2n) is 4.19. The van der Waals surface area contributed by atoms with E-state index in [1.165, 1.54) is 12.8 Å². The van der Waals surface area contributed by atoms with Crippen LogP contribution in [0.3, 0.4) is 0 Å². The van der Waals surface area contributed by atoms with Crippen LogP contribution in [0, 0.1) is 17.8 Å². The maximum Gasteiger partial charge on any atom is 0.310 e. The summed E-state index contributed by atoms with van der Waals surface area (Å²) in [6.45, 7) is 2.32. The Morgan fingerprint density at radius 3 is 2.69 bits per heavy atom. The van der Waals surface area contributed by atoms with Gasteiger partial charge < -0.3 is 10.5 Å². The Kier molecular flexibility index (Phi) is 2.28. The Morgan fingerprint density at radius 1 is 1.46 bits per heavy atom. The van der Waals surface area contributed by atoms with Crippen molar-refractivity contribution in [2.24, 2.45) is 23.5 Å². The summed E-state index contributed by atoms with van der Waals surface area (Å²) in [7, 11) is 0. The largest absolute Gasteiger partial charge is 0.466 e. The van der Waals surface area contributed by atoms with E-state index in [4.69, 9.17) is 10.5 Å². The molecule has 13 heavy (non-hydrogen) atoms. The average Bonchev–Trinajstić information content (AvgIpc) is 2.63. The molecular weight excluding hydrogens is 166 g/mol. The van der Waals surface area contributed by atoms with Gasteiger partial charge in [0, 0.05) is 6.04 Å². The minimum Gasteiger partial charge on any atom is -0.466 e. The summed E-state index contributed by atoms with van der Waals surface area (Å²) >= 11 is 0. The third kappa shape index (κ3) is 1.35. The zero-order valence-corrected chi connectivity index (χ0v) is 8.03. The van der Waals surface area contributed by atoms with Gasteiger partial charge in [-0.1, -0.05) is 0 Å². The molecule has 2 N–H and O–H groups in total. The number of carbonyl (C=O) groups is 1. The molecule has 74 valence electrons. The highest BCUT2D eigenvalue weighted by Crippen LogP contribution is 2.47. The first-order chi connectivity index (χ1) is 6.24. The molecular formula is C10H17NO2. The van der Waals surface area contributed by atoms with E-state index in [9.17, 15) is 4.79 Å². The fourth-order valence-corrected chi connectivity index (χ4v) is 2.92. The molecule has 0 saturated heterocycles. The van der Waals surface area contributed by atoms with Crippen molar-refractivity contribution in [3.8, 4) is 0 Å². The van der Waals surface area contributed by atoms with Gasteiger partial charge in [-0.3, -0.25) is 4.79 Å². The van der Waals surface area contributed by atoms with Crippen LogP contribution in [0.15, 0.2) is 0 Å². The number of fused-ring (bicyclic) bond motifs is 2. The molecule has 0 amide bonds. The van der Waals surface area contributed by atoms with Crippen LogP contribution in [0.2, 0.25) is 0 Å². The second kappa shape index (κ2) is 3.29. The summed E-state index contributed by atoms with van der Waals surface area (Å²) < 4.78 is 5.03. The Hall–Kier alpha value is -0.570. The Balaban J connectivity index is 2.03. The minimum atomic E-state index is -0.0674. The van der Waals surface area contributed by atoms with E-state index in [0.29, 0.717) is 18.4 Å². The van der Waals surface area contributed by atoms with Gasteiger partial charge in [-0.05, 0) is 38.0 Å². The number of nitrogens with two attached hydrogens (primary N) is 1. The molecule has 2 aliphatic rings. The van der Waals surface area contributed by atoms with Crippen LogP contribution in [0.4, 0.5) is 0 Å². The van der Waals surface area contributed by atoms with Crippen LogP contribution in [-0.4, -0.2) is 18.6 Å². The van der Waals surface area contributed by atoms with Crippen LogP contribution in [0.5, 0.6) is 0 Å². The highest BCUT2D eigenvalue weighted by atomic mass is 16.5. The van der Waals surface area contributed by atoms with Gasteiger partial charge in [0.15, 0.2) is 0 Å². The molecule has 0 aromatic carbocycles. The molecule has 2 fully saturated rings. The first kappa shape index (κ1) is 9.00. The summed E-state index contributed by atoms with van der Waals surface area (Å²) in [6.07, 6.45) is 3.52. The van der Waals surface area contributed by atoms with E-state index >= 15 is 0 Å². The molecule has 0 radical (unpaired) electrons. The second-order valence-corrected chi connectivity index (χ2v) is 4.19. The molecule has 0 aliphatic heterocycles. The van der Waals surface area contributed by atoms with Gasteiger partial charge in [0.25, 0.3) is 0 Å². The van der Waals surface area contributed by atoms with Crippen molar-refractivity contribution in [1.29, 1.82) is 0 Å². The highest BCUT2D eigenvalue weighted by Gasteiger charge is 2.49. The molecule has 2 rings (SSSR count). The van der Waals surface area contributed by atoms with E-state index in [0.717, 1.165) is 6.42 Å². The normalized spacial score (nSPS) is 42.3. The Morgan fingerprint density at radius 2 is 2.15 bits per heavy atom. The van der Waals surface area contributed by atoms with Crippen molar-refractivity contribution >= 4 is 5.97 Å². The number of ether oxygens (including phenoxy) is 1. The lowest BCUT2D eigenvalue weighted by Gasteiger charge is -2.25. The first-order valence-electron chi connectivity index (χ1n) is 5.16. The van der Waals surface area contributed by atoms with E-state index in [2.05, 4.69) is 0 Å². The predicted octanol–water partition coefficient (Wildman–Crippen LogP) is 0.923. The number of hydrogen-bond donors (Lipinski definition) is 1. The smallest absolute Gasteiger partial charge is 0.310 e. The molecule has 3 nitrogen and oxygen atoms in total. The van der Waals surface area contributed by atoms with Crippen LogP contribution >= 0.6 is 0 Å². The minimum absolute atomic E-state index is 0.00120. The number of hydrogen-bond acceptors (Lipinski definition) is 3. The van der Waals surface area contributed by atoms with E-state index in [-0.39, 0.29) is 17.9 Å². The number of carbonyl (C=O) groups excluding carboxylic acids is 1. The molecule has 4 atom stereocenters. The Bertz CT molecular complexity index is 215. The maximum atomic E-state index is 11.5. The lowest BCUT2D eigenvalue weighted by atomic mass is 9.85. The van der Waals surface area contributed by atoms with Gasteiger partial charge in [-0.15, -0.1) is 0 Å². The lowest BCUT2D eigenvalue weighted by molar-refractivity contribution is -0.150. The van der Waals surface area contributed by atoms with Crippen molar-refractivity contribution in [3.05, 3.63) is 0 Å². The summed E-state index contributed by atoms with van der Waals surface area (Å²) in [4.78, 5) is 11.5. The summed E-state index contributed by atoms with van der Waals surface area (Å²) in [5, 5.41) is 0. The molecule has 3 heteroatoms. The van der Waals surface area contributed by atoms with E-state index in [1.54, 1.807) is 0 Å².